The molecule has 0 aliphatic carbocycles. The Morgan fingerprint density at radius 2 is 2.07 bits per heavy atom. The number of aromatic nitrogens is 2. The van der Waals surface area contributed by atoms with Crippen LogP contribution in [0.15, 0.2) is 59.1 Å². The summed E-state index contributed by atoms with van der Waals surface area (Å²) >= 11 is 0. The molecule has 2 heterocycles. The van der Waals surface area contributed by atoms with Crippen molar-refractivity contribution in [2.24, 2.45) is 0 Å². The monoisotopic (exact) mass is 391 g/mol. The van der Waals surface area contributed by atoms with E-state index in [1.54, 1.807) is 0 Å². The van der Waals surface area contributed by atoms with Crippen LogP contribution in [0.2, 0.25) is 0 Å². The lowest BCUT2D eigenvalue weighted by Gasteiger charge is -2.16. The normalized spacial score (nSPS) is 16.3. The predicted octanol–water partition coefficient (Wildman–Crippen LogP) is 3.77. The first-order valence-electron chi connectivity index (χ1n) is 9.99. The highest BCUT2D eigenvalue weighted by Crippen LogP contribution is 2.27. The van der Waals surface area contributed by atoms with Crippen LogP contribution >= 0.6 is 0 Å². The van der Waals surface area contributed by atoms with E-state index in [4.69, 9.17) is 9.26 Å². The summed E-state index contributed by atoms with van der Waals surface area (Å²) < 4.78 is 11.2. The zero-order valence-electron chi connectivity index (χ0n) is 16.6. The first-order valence-corrected chi connectivity index (χ1v) is 9.99. The molecule has 0 radical (unpaired) electrons. The molecule has 29 heavy (non-hydrogen) atoms. The van der Waals surface area contributed by atoms with Crippen LogP contribution < -0.4 is 0 Å². The lowest BCUT2D eigenvalue weighted by molar-refractivity contribution is 0.0789. The fourth-order valence-corrected chi connectivity index (χ4v) is 3.57. The largest absolute Gasteiger partial charge is 0.376 e. The molecule has 1 saturated heterocycles. The average Bonchev–Trinajstić information content (AvgIpc) is 3.41. The molecule has 6 nitrogen and oxygen atoms in total. The molecule has 1 aliphatic rings. The van der Waals surface area contributed by atoms with Gasteiger partial charge in [-0.2, -0.15) is 4.98 Å². The summed E-state index contributed by atoms with van der Waals surface area (Å²) in [6.45, 7) is 4.42. The Labute approximate surface area is 170 Å². The Morgan fingerprint density at radius 1 is 1.21 bits per heavy atom. The first-order chi connectivity index (χ1) is 14.2. The van der Waals surface area contributed by atoms with Gasteiger partial charge in [-0.05, 0) is 31.0 Å². The van der Waals surface area contributed by atoms with Gasteiger partial charge in [-0.25, -0.2) is 0 Å². The van der Waals surface area contributed by atoms with Crippen molar-refractivity contribution in [3.63, 3.8) is 0 Å². The van der Waals surface area contributed by atoms with E-state index >= 15 is 0 Å². The molecule has 0 spiro atoms. The molecule has 1 unspecified atom stereocenters. The summed E-state index contributed by atoms with van der Waals surface area (Å²) in [5.74, 6) is 1.42. The molecule has 1 fully saturated rings. The van der Waals surface area contributed by atoms with Gasteiger partial charge in [-0.15, -0.1) is 0 Å². The van der Waals surface area contributed by atoms with Crippen molar-refractivity contribution in [2.45, 2.75) is 32.3 Å². The summed E-state index contributed by atoms with van der Waals surface area (Å²) in [4.78, 5) is 19.1. The van der Waals surface area contributed by atoms with Gasteiger partial charge in [0.05, 0.1) is 19.1 Å². The molecule has 150 valence electrons. The van der Waals surface area contributed by atoms with Crippen molar-refractivity contribution in [3.8, 4) is 0 Å². The van der Waals surface area contributed by atoms with E-state index < -0.39 is 0 Å². The Morgan fingerprint density at radius 3 is 2.90 bits per heavy atom. The molecular formula is C23H25N3O3. The third kappa shape index (κ3) is 4.90. The highest BCUT2D eigenvalue weighted by Gasteiger charge is 2.31. The van der Waals surface area contributed by atoms with Gasteiger partial charge < -0.3 is 14.2 Å². The number of likely N-dealkylation sites (tertiary alicyclic amines) is 1. The summed E-state index contributed by atoms with van der Waals surface area (Å²) in [5, 5.41) is 4.08. The van der Waals surface area contributed by atoms with Crippen molar-refractivity contribution >= 4 is 5.91 Å². The van der Waals surface area contributed by atoms with Crippen molar-refractivity contribution in [3.05, 3.63) is 83.0 Å². The molecule has 6 heteroatoms. The number of ether oxygens (including phenoxy) is 1. The molecule has 4 rings (SSSR count). The van der Waals surface area contributed by atoms with Crippen LogP contribution in [0.5, 0.6) is 0 Å². The van der Waals surface area contributed by atoms with Crippen LogP contribution in [0.3, 0.4) is 0 Å². The Bertz CT molecular complexity index is 955. The maximum atomic E-state index is 12.7. The fraction of sp³-hybridized carbons (Fsp3) is 0.348. The number of hydrogen-bond acceptors (Lipinski definition) is 5. The van der Waals surface area contributed by atoms with Crippen molar-refractivity contribution in [2.75, 3.05) is 19.7 Å². The second-order valence-corrected chi connectivity index (χ2v) is 7.44. The third-order valence-electron chi connectivity index (χ3n) is 5.16. The molecule has 1 amide bonds. The fourth-order valence-electron chi connectivity index (χ4n) is 3.57. The summed E-state index contributed by atoms with van der Waals surface area (Å²) in [6.07, 6.45) is 1.44. The van der Waals surface area contributed by atoms with Gasteiger partial charge in [0, 0.05) is 25.1 Å². The number of hydrogen-bond donors (Lipinski definition) is 0. The van der Waals surface area contributed by atoms with Crippen LogP contribution in [0.4, 0.5) is 0 Å². The van der Waals surface area contributed by atoms with E-state index in [9.17, 15) is 4.79 Å². The van der Waals surface area contributed by atoms with E-state index in [0.717, 1.165) is 23.1 Å². The maximum Gasteiger partial charge on any atom is 0.253 e. The van der Waals surface area contributed by atoms with E-state index in [1.807, 2.05) is 66.4 Å². The van der Waals surface area contributed by atoms with Crippen LogP contribution in [0.25, 0.3) is 0 Å². The van der Waals surface area contributed by atoms with Gasteiger partial charge in [0.1, 0.15) is 0 Å². The third-order valence-corrected chi connectivity index (χ3v) is 5.16. The van der Waals surface area contributed by atoms with E-state index in [0.29, 0.717) is 44.4 Å². The van der Waals surface area contributed by atoms with Gasteiger partial charge in [0.25, 0.3) is 5.91 Å². The Hall–Kier alpha value is -2.99. The number of rotatable bonds is 7. The molecule has 0 bridgehead atoms. The van der Waals surface area contributed by atoms with Gasteiger partial charge in [0.15, 0.2) is 5.82 Å². The summed E-state index contributed by atoms with van der Waals surface area (Å²) in [6, 6.07) is 17.8. The molecule has 1 atom stereocenters. The van der Waals surface area contributed by atoms with Gasteiger partial charge in [-0.3, -0.25) is 4.79 Å². The van der Waals surface area contributed by atoms with Gasteiger partial charge in [0.2, 0.25) is 5.89 Å². The molecule has 1 aromatic heterocycles. The topological polar surface area (TPSA) is 68.5 Å². The van der Waals surface area contributed by atoms with Crippen molar-refractivity contribution < 1.29 is 14.1 Å². The van der Waals surface area contributed by atoms with Gasteiger partial charge in [-0.1, -0.05) is 53.2 Å². The quantitative estimate of drug-likeness (QED) is 0.574. The Balaban J connectivity index is 1.27. The standard InChI is InChI=1S/C23H25N3O3/c1-17-6-5-9-19(14-17)23(27)26-12-10-20(15-26)22-24-21(25-29-22)11-13-28-16-18-7-3-2-4-8-18/h2-9,14,20H,10-13,15-16H2,1H3. The number of benzene rings is 2. The molecule has 3 aromatic rings. The van der Waals surface area contributed by atoms with Crippen LogP contribution in [0.1, 0.15) is 45.5 Å². The Kier molecular flexibility index (Phi) is 6.00. The molecule has 0 N–H and O–H groups in total. The van der Waals surface area contributed by atoms with Crippen LogP contribution in [-0.4, -0.2) is 40.6 Å². The molecule has 0 saturated carbocycles. The molecule has 2 aromatic carbocycles. The van der Waals surface area contributed by atoms with Crippen molar-refractivity contribution in [1.29, 1.82) is 0 Å². The van der Waals surface area contributed by atoms with Gasteiger partial charge >= 0.3 is 0 Å². The lowest BCUT2D eigenvalue weighted by atomic mass is 10.1. The number of carbonyl (C=O) groups is 1. The number of amides is 1. The minimum Gasteiger partial charge on any atom is -0.376 e. The van der Waals surface area contributed by atoms with E-state index in [-0.39, 0.29) is 11.8 Å². The van der Waals surface area contributed by atoms with E-state index in [1.165, 1.54) is 0 Å². The van der Waals surface area contributed by atoms with Crippen LogP contribution in [-0.2, 0) is 17.8 Å². The average molecular weight is 391 g/mol. The minimum atomic E-state index is 0.0604. The predicted molar refractivity (Wildman–Crippen MR) is 109 cm³/mol. The number of nitrogens with zero attached hydrogens (tertiary/aromatic N) is 3. The lowest BCUT2D eigenvalue weighted by Crippen LogP contribution is -2.28. The number of aryl methyl sites for hydroxylation is 1. The minimum absolute atomic E-state index is 0.0604. The maximum absolute atomic E-state index is 12.7. The second kappa shape index (κ2) is 9.01. The SMILES string of the molecule is Cc1cccc(C(=O)N2CCC(c3nc(CCOCc4ccccc4)no3)C2)c1. The van der Waals surface area contributed by atoms with E-state index in [2.05, 4.69) is 10.1 Å². The molecule has 1 aliphatic heterocycles. The number of carbonyl (C=O) groups excluding carboxylic acids is 1. The second-order valence-electron chi connectivity index (χ2n) is 7.44. The smallest absolute Gasteiger partial charge is 0.253 e. The zero-order chi connectivity index (χ0) is 20.1. The highest BCUT2D eigenvalue weighted by molar-refractivity contribution is 5.94. The molecular weight excluding hydrogens is 366 g/mol. The zero-order valence-corrected chi connectivity index (χ0v) is 16.6. The van der Waals surface area contributed by atoms with Crippen LogP contribution in [0, 0.1) is 6.92 Å². The first kappa shape index (κ1) is 19.3. The highest BCUT2D eigenvalue weighted by atomic mass is 16.5. The van der Waals surface area contributed by atoms with Crippen molar-refractivity contribution in [1.82, 2.24) is 15.0 Å². The summed E-state index contributed by atoms with van der Waals surface area (Å²) in [7, 11) is 0. The summed E-state index contributed by atoms with van der Waals surface area (Å²) in [5.41, 5.74) is 2.96.